The lowest BCUT2D eigenvalue weighted by Crippen LogP contribution is -2.11. The van der Waals surface area contributed by atoms with E-state index >= 15 is 0 Å². The van der Waals surface area contributed by atoms with E-state index in [1.54, 1.807) is 38.1 Å². The first-order valence-corrected chi connectivity index (χ1v) is 8.58. The molecule has 1 aromatic carbocycles. The van der Waals surface area contributed by atoms with Crippen LogP contribution in [0.5, 0.6) is 5.75 Å². The molecule has 25 heavy (non-hydrogen) atoms. The van der Waals surface area contributed by atoms with E-state index in [0.29, 0.717) is 33.4 Å². The molecule has 7 heteroatoms. The van der Waals surface area contributed by atoms with Gasteiger partial charge < -0.3 is 14.8 Å². The van der Waals surface area contributed by atoms with E-state index in [0.717, 1.165) is 11.3 Å². The van der Waals surface area contributed by atoms with Crippen molar-refractivity contribution in [2.24, 2.45) is 0 Å². The lowest BCUT2D eigenvalue weighted by atomic mass is 10.1. The Bertz CT molecular complexity index is 819. The maximum atomic E-state index is 12.4. The van der Waals surface area contributed by atoms with Crippen LogP contribution >= 0.6 is 11.3 Å². The van der Waals surface area contributed by atoms with Crippen molar-refractivity contribution in [3.05, 3.63) is 45.8 Å². The van der Waals surface area contributed by atoms with Gasteiger partial charge in [0.1, 0.15) is 21.7 Å². The number of rotatable bonds is 6. The number of hydrogen-bond donors (Lipinski definition) is 1. The van der Waals surface area contributed by atoms with E-state index in [1.807, 2.05) is 13.0 Å². The average Bonchev–Trinajstić information content (AvgIpc) is 2.91. The van der Waals surface area contributed by atoms with Gasteiger partial charge in [0.2, 0.25) is 0 Å². The molecule has 0 fully saturated rings. The monoisotopic (exact) mass is 358 g/mol. The molecular weight excluding hydrogens is 340 g/mol. The number of benzene rings is 1. The van der Waals surface area contributed by atoms with Crippen LogP contribution in [0.15, 0.2) is 24.3 Å². The number of anilines is 1. The second-order valence-corrected chi connectivity index (χ2v) is 6.02. The molecule has 0 spiro atoms. The Morgan fingerprint density at radius 1 is 1.20 bits per heavy atom. The number of hydrogen-bond acceptors (Lipinski definition) is 6. The van der Waals surface area contributed by atoms with Gasteiger partial charge in [-0.3, -0.25) is 4.79 Å². The smallest absolute Gasteiger partial charge is 0.348 e. The SMILES string of the molecule is CCOC(=O)c1sc(NC(=O)c2ccc(OCC)cc2)c(C#N)c1C. The van der Waals surface area contributed by atoms with Gasteiger partial charge >= 0.3 is 5.97 Å². The summed E-state index contributed by atoms with van der Waals surface area (Å²) < 4.78 is 10.3. The van der Waals surface area contributed by atoms with Crippen molar-refractivity contribution >= 4 is 28.2 Å². The number of nitrogens with one attached hydrogen (secondary N) is 1. The summed E-state index contributed by atoms with van der Waals surface area (Å²) in [5, 5.41) is 12.4. The Hall–Kier alpha value is -2.85. The average molecular weight is 358 g/mol. The van der Waals surface area contributed by atoms with Crippen LogP contribution in [0.3, 0.4) is 0 Å². The van der Waals surface area contributed by atoms with Crippen molar-refractivity contribution in [2.75, 3.05) is 18.5 Å². The Balaban J connectivity index is 2.24. The van der Waals surface area contributed by atoms with Crippen molar-refractivity contribution in [1.29, 1.82) is 5.26 Å². The third kappa shape index (κ3) is 4.17. The number of ether oxygens (including phenoxy) is 2. The maximum absolute atomic E-state index is 12.4. The summed E-state index contributed by atoms with van der Waals surface area (Å²) in [6, 6.07) is 8.71. The number of nitrogens with zero attached hydrogens (tertiary/aromatic N) is 1. The van der Waals surface area contributed by atoms with Gasteiger partial charge in [-0.2, -0.15) is 5.26 Å². The molecule has 0 aliphatic rings. The summed E-state index contributed by atoms with van der Waals surface area (Å²) >= 11 is 1.04. The zero-order valence-corrected chi connectivity index (χ0v) is 15.0. The van der Waals surface area contributed by atoms with Crippen LogP contribution in [0.4, 0.5) is 5.00 Å². The van der Waals surface area contributed by atoms with Crippen LogP contribution in [0.25, 0.3) is 0 Å². The van der Waals surface area contributed by atoms with E-state index in [-0.39, 0.29) is 18.1 Å². The number of thiophene rings is 1. The zero-order valence-electron chi connectivity index (χ0n) is 14.2. The molecule has 0 unspecified atom stereocenters. The summed E-state index contributed by atoms with van der Waals surface area (Å²) in [4.78, 5) is 24.7. The van der Waals surface area contributed by atoms with Crippen LogP contribution in [0.2, 0.25) is 0 Å². The van der Waals surface area contributed by atoms with Crippen LogP contribution < -0.4 is 10.1 Å². The molecule has 6 nitrogen and oxygen atoms in total. The van der Waals surface area contributed by atoms with E-state index in [2.05, 4.69) is 5.32 Å². The number of amides is 1. The molecule has 1 N–H and O–H groups in total. The molecule has 0 aliphatic carbocycles. The predicted molar refractivity (Wildman–Crippen MR) is 95.3 cm³/mol. The first-order valence-electron chi connectivity index (χ1n) is 7.76. The molecule has 0 bridgehead atoms. The van der Waals surface area contributed by atoms with Crippen molar-refractivity contribution < 1.29 is 19.1 Å². The van der Waals surface area contributed by atoms with Crippen molar-refractivity contribution in [2.45, 2.75) is 20.8 Å². The van der Waals surface area contributed by atoms with Gasteiger partial charge in [-0.05, 0) is 50.6 Å². The van der Waals surface area contributed by atoms with Crippen molar-refractivity contribution in [3.63, 3.8) is 0 Å². The fraction of sp³-hybridized carbons (Fsp3) is 0.278. The highest BCUT2D eigenvalue weighted by atomic mass is 32.1. The zero-order chi connectivity index (χ0) is 18.4. The molecule has 1 heterocycles. The Morgan fingerprint density at radius 3 is 2.44 bits per heavy atom. The molecule has 2 rings (SSSR count). The van der Waals surface area contributed by atoms with Crippen LogP contribution in [-0.4, -0.2) is 25.1 Å². The predicted octanol–water partition coefficient (Wildman–Crippen LogP) is 3.76. The highest BCUT2D eigenvalue weighted by molar-refractivity contribution is 7.18. The lowest BCUT2D eigenvalue weighted by Gasteiger charge is -2.05. The molecule has 0 radical (unpaired) electrons. The van der Waals surface area contributed by atoms with Crippen LogP contribution in [0, 0.1) is 18.3 Å². The first kappa shape index (κ1) is 18.5. The van der Waals surface area contributed by atoms with Gasteiger partial charge in [0.15, 0.2) is 0 Å². The third-order valence-corrected chi connectivity index (χ3v) is 4.56. The Kier molecular flexibility index (Phi) is 6.14. The number of esters is 1. The number of carbonyl (C=O) groups excluding carboxylic acids is 2. The highest BCUT2D eigenvalue weighted by Gasteiger charge is 2.22. The molecule has 0 aliphatic heterocycles. The molecule has 130 valence electrons. The van der Waals surface area contributed by atoms with E-state index < -0.39 is 5.97 Å². The molecular formula is C18H18N2O4S. The summed E-state index contributed by atoms with van der Waals surface area (Å²) in [6.07, 6.45) is 0. The molecule has 0 saturated carbocycles. The van der Waals surface area contributed by atoms with E-state index in [9.17, 15) is 14.9 Å². The fourth-order valence-corrected chi connectivity index (χ4v) is 3.22. The lowest BCUT2D eigenvalue weighted by molar-refractivity contribution is 0.0531. The standard InChI is InChI=1S/C18H18N2O4S/c1-4-23-13-8-6-12(7-9-13)16(21)20-17-14(10-19)11(3)15(25-17)18(22)24-5-2/h6-9H,4-5H2,1-3H3,(H,20,21). The minimum atomic E-state index is -0.497. The topological polar surface area (TPSA) is 88.4 Å². The summed E-state index contributed by atoms with van der Waals surface area (Å²) in [5.41, 5.74) is 1.20. The quantitative estimate of drug-likeness (QED) is 0.794. The molecule has 0 saturated heterocycles. The molecule has 2 aromatic rings. The van der Waals surface area contributed by atoms with Gasteiger partial charge in [0.25, 0.3) is 5.91 Å². The van der Waals surface area contributed by atoms with E-state index in [1.165, 1.54) is 0 Å². The van der Waals surface area contributed by atoms with Crippen LogP contribution in [-0.2, 0) is 4.74 Å². The number of nitriles is 1. The Labute approximate surface area is 150 Å². The Morgan fingerprint density at radius 2 is 1.88 bits per heavy atom. The summed E-state index contributed by atoms with van der Waals surface area (Å²) in [6.45, 7) is 6.03. The first-order chi connectivity index (χ1) is 12.0. The second-order valence-electron chi connectivity index (χ2n) is 5.00. The number of carbonyl (C=O) groups is 2. The molecule has 1 amide bonds. The normalized spacial score (nSPS) is 10.0. The summed E-state index contributed by atoms with van der Waals surface area (Å²) in [7, 11) is 0. The third-order valence-electron chi connectivity index (χ3n) is 3.37. The van der Waals surface area contributed by atoms with Gasteiger partial charge in [0.05, 0.1) is 18.8 Å². The van der Waals surface area contributed by atoms with Crippen molar-refractivity contribution in [3.8, 4) is 11.8 Å². The molecule has 1 aromatic heterocycles. The minimum Gasteiger partial charge on any atom is -0.494 e. The van der Waals surface area contributed by atoms with Crippen molar-refractivity contribution in [1.82, 2.24) is 0 Å². The second kappa shape index (κ2) is 8.31. The summed E-state index contributed by atoms with van der Waals surface area (Å²) in [5.74, 6) is -0.187. The fourth-order valence-electron chi connectivity index (χ4n) is 2.17. The largest absolute Gasteiger partial charge is 0.494 e. The van der Waals surface area contributed by atoms with Crippen LogP contribution in [0.1, 0.15) is 45.0 Å². The maximum Gasteiger partial charge on any atom is 0.348 e. The van der Waals surface area contributed by atoms with Gasteiger partial charge in [-0.1, -0.05) is 0 Å². The molecule has 0 atom stereocenters. The van der Waals surface area contributed by atoms with Gasteiger partial charge in [0, 0.05) is 5.56 Å². The van der Waals surface area contributed by atoms with E-state index in [4.69, 9.17) is 9.47 Å². The highest BCUT2D eigenvalue weighted by Crippen LogP contribution is 2.33. The van der Waals surface area contributed by atoms with Gasteiger partial charge in [-0.15, -0.1) is 11.3 Å². The minimum absolute atomic E-state index is 0.242. The van der Waals surface area contributed by atoms with Gasteiger partial charge in [-0.25, -0.2) is 4.79 Å².